The molecule has 1 atom stereocenters. The van der Waals surface area contributed by atoms with Gasteiger partial charge < -0.3 is 10.6 Å². The van der Waals surface area contributed by atoms with Crippen LogP contribution in [-0.4, -0.2) is 30.0 Å². The molecule has 2 rings (SSSR count). The van der Waals surface area contributed by atoms with Crippen molar-refractivity contribution in [3.8, 4) is 0 Å². The number of benzene rings is 1. The fraction of sp³-hybridized carbons (Fsp3) is 0.500. The van der Waals surface area contributed by atoms with E-state index in [1.54, 1.807) is 13.0 Å². The highest BCUT2D eigenvalue weighted by molar-refractivity contribution is 5.96. The van der Waals surface area contributed by atoms with Gasteiger partial charge in [-0.1, -0.05) is 12.5 Å². The number of non-ortho nitro benzene ring substituents is 1. The Kier molecular flexibility index (Phi) is 4.68. The molecule has 20 heavy (non-hydrogen) atoms. The second kappa shape index (κ2) is 6.47. The van der Waals surface area contributed by atoms with Gasteiger partial charge in [-0.05, 0) is 31.9 Å². The van der Waals surface area contributed by atoms with Crippen LogP contribution in [-0.2, 0) is 0 Å². The summed E-state index contributed by atoms with van der Waals surface area (Å²) in [6.45, 7) is 3.31. The van der Waals surface area contributed by atoms with E-state index in [-0.39, 0.29) is 11.6 Å². The van der Waals surface area contributed by atoms with E-state index >= 15 is 0 Å². The van der Waals surface area contributed by atoms with Crippen LogP contribution < -0.4 is 10.6 Å². The minimum absolute atomic E-state index is 0.0588. The minimum atomic E-state index is -0.487. The molecule has 1 unspecified atom stereocenters. The standard InChI is InChI=1S/C14H19N3O3/c1-10-5-6-12(17(19)20)8-13(10)14(18)16-9-11-4-2-3-7-15-11/h5-6,8,11,15H,2-4,7,9H2,1H3,(H,16,18). The smallest absolute Gasteiger partial charge is 0.270 e. The highest BCUT2D eigenvalue weighted by Crippen LogP contribution is 2.17. The number of amides is 1. The third-order valence-corrected chi connectivity index (χ3v) is 3.60. The summed E-state index contributed by atoms with van der Waals surface area (Å²) in [5.74, 6) is -0.251. The van der Waals surface area contributed by atoms with E-state index in [4.69, 9.17) is 0 Å². The Bertz CT molecular complexity index is 510. The van der Waals surface area contributed by atoms with Crippen LogP contribution in [0.2, 0.25) is 0 Å². The van der Waals surface area contributed by atoms with Crippen molar-refractivity contribution in [3.63, 3.8) is 0 Å². The van der Waals surface area contributed by atoms with Gasteiger partial charge in [-0.3, -0.25) is 14.9 Å². The van der Waals surface area contributed by atoms with Crippen molar-refractivity contribution in [1.82, 2.24) is 10.6 Å². The second-order valence-corrected chi connectivity index (χ2v) is 5.11. The van der Waals surface area contributed by atoms with Gasteiger partial charge in [0.25, 0.3) is 11.6 Å². The Balaban J connectivity index is 2.00. The second-order valence-electron chi connectivity index (χ2n) is 5.11. The lowest BCUT2D eigenvalue weighted by Crippen LogP contribution is -2.43. The molecular formula is C14H19N3O3. The zero-order valence-electron chi connectivity index (χ0n) is 11.5. The van der Waals surface area contributed by atoms with Crippen LogP contribution in [0.15, 0.2) is 18.2 Å². The van der Waals surface area contributed by atoms with Crippen molar-refractivity contribution in [3.05, 3.63) is 39.4 Å². The molecule has 1 aliphatic heterocycles. The van der Waals surface area contributed by atoms with Gasteiger partial charge in [-0.2, -0.15) is 0 Å². The van der Waals surface area contributed by atoms with Gasteiger partial charge in [0.15, 0.2) is 0 Å². The van der Waals surface area contributed by atoms with Crippen molar-refractivity contribution < 1.29 is 9.72 Å². The Labute approximate surface area is 117 Å². The average molecular weight is 277 g/mol. The lowest BCUT2D eigenvalue weighted by Gasteiger charge is -2.23. The molecule has 1 heterocycles. The molecule has 6 nitrogen and oxygen atoms in total. The lowest BCUT2D eigenvalue weighted by atomic mass is 10.0. The van der Waals surface area contributed by atoms with Gasteiger partial charge in [0.1, 0.15) is 0 Å². The minimum Gasteiger partial charge on any atom is -0.350 e. The van der Waals surface area contributed by atoms with Crippen LogP contribution >= 0.6 is 0 Å². The SMILES string of the molecule is Cc1ccc([N+](=O)[O-])cc1C(=O)NCC1CCCCN1. The van der Waals surface area contributed by atoms with E-state index in [1.165, 1.54) is 25.0 Å². The van der Waals surface area contributed by atoms with Gasteiger partial charge in [0.2, 0.25) is 0 Å². The molecule has 1 aromatic carbocycles. The number of hydrogen-bond acceptors (Lipinski definition) is 4. The van der Waals surface area contributed by atoms with Crippen molar-refractivity contribution in [1.29, 1.82) is 0 Å². The molecule has 6 heteroatoms. The highest BCUT2D eigenvalue weighted by atomic mass is 16.6. The topological polar surface area (TPSA) is 84.3 Å². The maximum atomic E-state index is 12.1. The molecule has 1 saturated heterocycles. The van der Waals surface area contributed by atoms with Gasteiger partial charge >= 0.3 is 0 Å². The molecule has 1 aliphatic rings. The van der Waals surface area contributed by atoms with Crippen molar-refractivity contribution in [2.45, 2.75) is 32.2 Å². The van der Waals surface area contributed by atoms with Crippen LogP contribution in [0.4, 0.5) is 5.69 Å². The summed E-state index contributed by atoms with van der Waals surface area (Å²) in [7, 11) is 0. The monoisotopic (exact) mass is 277 g/mol. The predicted octanol–water partition coefficient (Wildman–Crippen LogP) is 1.78. The largest absolute Gasteiger partial charge is 0.350 e. The molecule has 1 aromatic rings. The van der Waals surface area contributed by atoms with Gasteiger partial charge in [0, 0.05) is 30.3 Å². The predicted molar refractivity (Wildman–Crippen MR) is 75.8 cm³/mol. The van der Waals surface area contributed by atoms with Crippen molar-refractivity contribution in [2.75, 3.05) is 13.1 Å². The summed E-state index contributed by atoms with van der Waals surface area (Å²) in [6.07, 6.45) is 3.39. The van der Waals surface area contributed by atoms with Crippen molar-refractivity contribution >= 4 is 11.6 Å². The average Bonchev–Trinajstić information content (AvgIpc) is 2.46. The number of nitro groups is 1. The fourth-order valence-electron chi connectivity index (χ4n) is 2.38. The molecular weight excluding hydrogens is 258 g/mol. The number of aryl methyl sites for hydroxylation is 1. The van der Waals surface area contributed by atoms with Crippen LogP contribution in [0.5, 0.6) is 0 Å². The Morgan fingerprint density at radius 1 is 1.50 bits per heavy atom. The van der Waals surface area contributed by atoms with E-state index in [2.05, 4.69) is 10.6 Å². The molecule has 108 valence electrons. The summed E-state index contributed by atoms with van der Waals surface area (Å²) < 4.78 is 0. The summed E-state index contributed by atoms with van der Waals surface area (Å²) in [5, 5.41) is 17.0. The first-order valence-corrected chi connectivity index (χ1v) is 6.84. The maximum absolute atomic E-state index is 12.1. The molecule has 0 saturated carbocycles. The number of carbonyl (C=O) groups excluding carboxylic acids is 1. The van der Waals surface area contributed by atoms with Crippen molar-refractivity contribution in [2.24, 2.45) is 0 Å². The zero-order chi connectivity index (χ0) is 14.5. The fourth-order valence-corrected chi connectivity index (χ4v) is 2.38. The summed E-state index contributed by atoms with van der Waals surface area (Å²) in [5.41, 5.74) is 1.05. The summed E-state index contributed by atoms with van der Waals surface area (Å²) in [4.78, 5) is 22.4. The Morgan fingerprint density at radius 3 is 2.95 bits per heavy atom. The van der Waals surface area contributed by atoms with Gasteiger partial charge in [-0.15, -0.1) is 0 Å². The van der Waals surface area contributed by atoms with E-state index in [0.717, 1.165) is 18.5 Å². The number of hydrogen-bond donors (Lipinski definition) is 2. The van der Waals surface area contributed by atoms with Gasteiger partial charge in [0.05, 0.1) is 4.92 Å². The highest BCUT2D eigenvalue weighted by Gasteiger charge is 2.17. The third kappa shape index (κ3) is 3.54. The normalized spacial score (nSPS) is 18.6. The molecule has 0 aliphatic carbocycles. The summed E-state index contributed by atoms with van der Waals surface area (Å²) in [6, 6.07) is 4.64. The number of nitrogens with zero attached hydrogens (tertiary/aromatic N) is 1. The van der Waals surface area contributed by atoms with Crippen LogP contribution in [0.3, 0.4) is 0 Å². The lowest BCUT2D eigenvalue weighted by molar-refractivity contribution is -0.384. The number of rotatable bonds is 4. The van der Waals surface area contributed by atoms with Gasteiger partial charge in [-0.25, -0.2) is 0 Å². The zero-order valence-corrected chi connectivity index (χ0v) is 11.5. The van der Waals surface area contributed by atoms with Crippen LogP contribution in [0.25, 0.3) is 0 Å². The Morgan fingerprint density at radius 2 is 2.30 bits per heavy atom. The van der Waals surface area contributed by atoms with Crippen LogP contribution in [0, 0.1) is 17.0 Å². The molecule has 1 amide bonds. The first-order chi connectivity index (χ1) is 9.58. The van der Waals surface area contributed by atoms with E-state index < -0.39 is 4.92 Å². The quantitative estimate of drug-likeness (QED) is 0.649. The first-order valence-electron chi connectivity index (χ1n) is 6.84. The number of nitrogens with one attached hydrogen (secondary N) is 2. The number of nitro benzene ring substituents is 1. The maximum Gasteiger partial charge on any atom is 0.270 e. The summed E-state index contributed by atoms with van der Waals surface area (Å²) >= 11 is 0. The van der Waals surface area contributed by atoms with E-state index in [1.807, 2.05) is 0 Å². The molecule has 0 aromatic heterocycles. The molecule has 0 spiro atoms. The number of carbonyl (C=O) groups is 1. The van der Waals surface area contributed by atoms with E-state index in [0.29, 0.717) is 18.2 Å². The van der Waals surface area contributed by atoms with Crippen LogP contribution in [0.1, 0.15) is 35.2 Å². The Hall–Kier alpha value is -1.95. The molecule has 0 bridgehead atoms. The first kappa shape index (κ1) is 14.5. The third-order valence-electron chi connectivity index (χ3n) is 3.60. The number of piperidine rings is 1. The molecule has 1 fully saturated rings. The molecule has 0 radical (unpaired) electrons. The molecule has 2 N–H and O–H groups in total. The van der Waals surface area contributed by atoms with E-state index in [9.17, 15) is 14.9 Å².